The van der Waals surface area contributed by atoms with E-state index in [1.54, 1.807) is 18.2 Å². The lowest BCUT2D eigenvalue weighted by Gasteiger charge is -2.10. The van der Waals surface area contributed by atoms with E-state index in [4.69, 9.17) is 23.2 Å². The zero-order chi connectivity index (χ0) is 13.1. The highest BCUT2D eigenvalue weighted by Gasteiger charge is 2.06. The standard InChI is InChI=1S/C13H9BrCl2FN/c14-9-6-8(4-5-10(9)15)7-18-13-11(16)2-1-3-12(13)17/h1-6,18H,7H2. The predicted octanol–water partition coefficient (Wildman–Crippen LogP) is 5.51. The highest BCUT2D eigenvalue weighted by Crippen LogP contribution is 2.27. The molecule has 0 aliphatic heterocycles. The fraction of sp³-hybridized carbons (Fsp3) is 0.0769. The normalized spacial score (nSPS) is 10.4. The molecule has 0 spiro atoms. The molecule has 94 valence electrons. The zero-order valence-corrected chi connectivity index (χ0v) is 12.3. The number of anilines is 1. The second-order valence-corrected chi connectivity index (χ2v) is 5.37. The Labute approximate surface area is 123 Å². The molecule has 1 N–H and O–H groups in total. The molecule has 18 heavy (non-hydrogen) atoms. The Morgan fingerprint density at radius 2 is 1.89 bits per heavy atom. The van der Waals surface area contributed by atoms with Gasteiger partial charge in [0.05, 0.1) is 15.7 Å². The van der Waals surface area contributed by atoms with Gasteiger partial charge >= 0.3 is 0 Å². The maximum atomic E-state index is 13.5. The van der Waals surface area contributed by atoms with Crippen LogP contribution in [0.25, 0.3) is 0 Å². The van der Waals surface area contributed by atoms with Crippen LogP contribution in [-0.2, 0) is 6.54 Å². The zero-order valence-electron chi connectivity index (χ0n) is 9.18. The Morgan fingerprint density at radius 3 is 2.56 bits per heavy atom. The second kappa shape index (κ2) is 5.91. The molecule has 0 amide bonds. The van der Waals surface area contributed by atoms with Crippen LogP contribution in [0.3, 0.4) is 0 Å². The molecule has 0 bridgehead atoms. The molecule has 2 aromatic carbocycles. The first-order chi connectivity index (χ1) is 8.58. The van der Waals surface area contributed by atoms with Crippen LogP contribution in [0.15, 0.2) is 40.9 Å². The van der Waals surface area contributed by atoms with E-state index < -0.39 is 0 Å². The quantitative estimate of drug-likeness (QED) is 0.771. The minimum Gasteiger partial charge on any atom is -0.377 e. The largest absolute Gasteiger partial charge is 0.377 e. The summed E-state index contributed by atoms with van der Waals surface area (Å²) in [6.07, 6.45) is 0. The van der Waals surface area contributed by atoms with Gasteiger partial charge in [0.25, 0.3) is 0 Å². The molecule has 1 nitrogen and oxygen atoms in total. The fourth-order valence-corrected chi connectivity index (χ4v) is 2.28. The molecule has 0 unspecified atom stereocenters. The second-order valence-electron chi connectivity index (χ2n) is 3.70. The van der Waals surface area contributed by atoms with Crippen molar-refractivity contribution in [2.24, 2.45) is 0 Å². The van der Waals surface area contributed by atoms with Gasteiger partial charge in [-0.1, -0.05) is 35.3 Å². The van der Waals surface area contributed by atoms with Crippen molar-refractivity contribution in [1.82, 2.24) is 0 Å². The molecule has 2 aromatic rings. The van der Waals surface area contributed by atoms with Gasteiger partial charge in [0.15, 0.2) is 0 Å². The summed E-state index contributed by atoms with van der Waals surface area (Å²) in [5.74, 6) is -0.365. The molecule has 0 aromatic heterocycles. The summed E-state index contributed by atoms with van der Waals surface area (Å²) in [7, 11) is 0. The minimum atomic E-state index is -0.365. The lowest BCUT2D eigenvalue weighted by atomic mass is 10.2. The number of hydrogen-bond acceptors (Lipinski definition) is 1. The highest BCUT2D eigenvalue weighted by molar-refractivity contribution is 9.10. The van der Waals surface area contributed by atoms with Crippen LogP contribution in [0.2, 0.25) is 10.0 Å². The Bertz CT molecular complexity index is 555. The van der Waals surface area contributed by atoms with Crippen LogP contribution in [0.5, 0.6) is 0 Å². The lowest BCUT2D eigenvalue weighted by molar-refractivity contribution is 0.630. The fourth-order valence-electron chi connectivity index (χ4n) is 1.51. The van der Waals surface area contributed by atoms with E-state index in [2.05, 4.69) is 21.2 Å². The number of rotatable bonds is 3. The molecule has 5 heteroatoms. The lowest BCUT2D eigenvalue weighted by Crippen LogP contribution is -2.02. The summed E-state index contributed by atoms with van der Waals surface area (Å²) in [5, 5.41) is 3.98. The Kier molecular flexibility index (Phi) is 4.49. The van der Waals surface area contributed by atoms with E-state index in [9.17, 15) is 4.39 Å². The van der Waals surface area contributed by atoms with Gasteiger partial charge < -0.3 is 5.32 Å². The third kappa shape index (κ3) is 3.16. The van der Waals surface area contributed by atoms with Crippen molar-refractivity contribution in [1.29, 1.82) is 0 Å². The van der Waals surface area contributed by atoms with Gasteiger partial charge in [0.2, 0.25) is 0 Å². The van der Waals surface area contributed by atoms with E-state index in [0.29, 0.717) is 22.3 Å². The molecule has 0 fully saturated rings. The first-order valence-corrected chi connectivity index (χ1v) is 6.74. The van der Waals surface area contributed by atoms with Gasteiger partial charge in [-0.05, 0) is 45.8 Å². The van der Waals surface area contributed by atoms with Crippen LogP contribution in [0, 0.1) is 5.82 Å². The Hall–Kier alpha value is -0.770. The van der Waals surface area contributed by atoms with Crippen molar-refractivity contribution in [2.75, 3.05) is 5.32 Å². The first-order valence-electron chi connectivity index (χ1n) is 5.20. The molecule has 0 saturated heterocycles. The number of benzene rings is 2. The Morgan fingerprint density at radius 1 is 1.11 bits per heavy atom. The van der Waals surface area contributed by atoms with Gasteiger partial charge in [-0.3, -0.25) is 0 Å². The van der Waals surface area contributed by atoms with E-state index in [0.717, 1.165) is 10.0 Å². The van der Waals surface area contributed by atoms with E-state index in [1.807, 2.05) is 12.1 Å². The van der Waals surface area contributed by atoms with Gasteiger partial charge in [0, 0.05) is 11.0 Å². The van der Waals surface area contributed by atoms with Crippen LogP contribution in [0.4, 0.5) is 10.1 Å². The monoisotopic (exact) mass is 347 g/mol. The number of hydrogen-bond donors (Lipinski definition) is 1. The van der Waals surface area contributed by atoms with Crippen LogP contribution < -0.4 is 5.32 Å². The van der Waals surface area contributed by atoms with Crippen molar-refractivity contribution in [3.8, 4) is 0 Å². The maximum Gasteiger partial charge on any atom is 0.147 e. The van der Waals surface area contributed by atoms with E-state index in [1.165, 1.54) is 6.07 Å². The number of para-hydroxylation sites is 1. The topological polar surface area (TPSA) is 12.0 Å². The molecule has 0 saturated carbocycles. The Balaban J connectivity index is 2.14. The van der Waals surface area contributed by atoms with Crippen molar-refractivity contribution in [3.05, 3.63) is 62.3 Å². The molecule has 0 radical (unpaired) electrons. The van der Waals surface area contributed by atoms with E-state index in [-0.39, 0.29) is 5.82 Å². The molecule has 0 aliphatic carbocycles. The molecule has 0 aliphatic rings. The van der Waals surface area contributed by atoms with Gasteiger partial charge in [-0.25, -0.2) is 4.39 Å². The smallest absolute Gasteiger partial charge is 0.147 e. The van der Waals surface area contributed by atoms with Crippen molar-refractivity contribution >= 4 is 44.8 Å². The minimum absolute atomic E-state index is 0.310. The average Bonchev–Trinajstić information content (AvgIpc) is 2.33. The maximum absolute atomic E-state index is 13.5. The third-order valence-corrected chi connectivity index (χ3v) is 3.94. The highest BCUT2D eigenvalue weighted by atomic mass is 79.9. The van der Waals surface area contributed by atoms with Crippen LogP contribution in [0.1, 0.15) is 5.56 Å². The van der Waals surface area contributed by atoms with Crippen LogP contribution in [-0.4, -0.2) is 0 Å². The van der Waals surface area contributed by atoms with Crippen molar-refractivity contribution in [3.63, 3.8) is 0 Å². The van der Waals surface area contributed by atoms with E-state index >= 15 is 0 Å². The van der Waals surface area contributed by atoms with Gasteiger partial charge in [0.1, 0.15) is 5.82 Å². The summed E-state index contributed by atoms with van der Waals surface area (Å²) in [6, 6.07) is 10.1. The number of halogens is 4. The number of nitrogens with one attached hydrogen (secondary N) is 1. The summed E-state index contributed by atoms with van der Waals surface area (Å²) in [4.78, 5) is 0. The third-order valence-electron chi connectivity index (χ3n) is 2.42. The van der Waals surface area contributed by atoms with Gasteiger partial charge in [-0.15, -0.1) is 0 Å². The summed E-state index contributed by atoms with van der Waals surface area (Å²) < 4.78 is 14.3. The summed E-state index contributed by atoms with van der Waals surface area (Å²) in [5.41, 5.74) is 1.29. The average molecular weight is 349 g/mol. The predicted molar refractivity (Wildman–Crippen MR) is 77.9 cm³/mol. The summed E-state index contributed by atoms with van der Waals surface area (Å²) >= 11 is 15.2. The summed E-state index contributed by atoms with van der Waals surface area (Å²) in [6.45, 7) is 0.469. The van der Waals surface area contributed by atoms with Crippen molar-refractivity contribution in [2.45, 2.75) is 6.54 Å². The first kappa shape index (κ1) is 13.7. The van der Waals surface area contributed by atoms with Crippen LogP contribution >= 0.6 is 39.1 Å². The molecular weight excluding hydrogens is 340 g/mol. The molecular formula is C13H9BrCl2FN. The van der Waals surface area contributed by atoms with Gasteiger partial charge in [-0.2, -0.15) is 0 Å². The molecule has 0 atom stereocenters. The van der Waals surface area contributed by atoms with Crippen molar-refractivity contribution < 1.29 is 4.39 Å². The SMILES string of the molecule is Fc1cccc(Cl)c1NCc1ccc(Cl)c(Br)c1. The molecule has 0 heterocycles. The molecule has 2 rings (SSSR count).